The number of rotatable bonds is 3. The number of alkyl carbamates (subject to hydrolysis) is 1. The Hall–Kier alpha value is -4.33. The first kappa shape index (κ1) is 26.6. The number of fused-ring (bicyclic) bond motifs is 4. The minimum atomic E-state index is -0.619. The quantitative estimate of drug-likeness (QED) is 0.238. The molecule has 1 fully saturated rings. The summed E-state index contributed by atoms with van der Waals surface area (Å²) in [5.41, 5.74) is 4.36. The molecule has 216 valence electrons. The molecule has 0 radical (unpaired) electrons. The molecule has 2 aromatic carbocycles. The maximum Gasteiger partial charge on any atom is 0.407 e. The van der Waals surface area contributed by atoms with Crippen molar-refractivity contribution < 1.29 is 23.9 Å². The zero-order valence-corrected chi connectivity index (χ0v) is 24.5. The van der Waals surface area contributed by atoms with Crippen molar-refractivity contribution in [2.45, 2.75) is 71.1 Å². The van der Waals surface area contributed by atoms with Crippen molar-refractivity contribution in [1.29, 1.82) is 0 Å². The van der Waals surface area contributed by atoms with E-state index in [-0.39, 0.29) is 11.5 Å². The van der Waals surface area contributed by atoms with E-state index < -0.39 is 23.6 Å². The molecule has 0 saturated heterocycles. The van der Waals surface area contributed by atoms with Crippen molar-refractivity contribution in [3.8, 4) is 0 Å². The zero-order valence-electron chi connectivity index (χ0n) is 24.5. The lowest BCUT2D eigenvalue weighted by Gasteiger charge is -2.40. The fourth-order valence-electron chi connectivity index (χ4n) is 7.56. The maximum atomic E-state index is 13.6. The number of nitrogens with zero attached hydrogens (tertiary/aromatic N) is 2. The van der Waals surface area contributed by atoms with Crippen LogP contribution in [-0.4, -0.2) is 38.8 Å². The van der Waals surface area contributed by atoms with Gasteiger partial charge in [0.1, 0.15) is 5.60 Å². The van der Waals surface area contributed by atoms with Crippen molar-refractivity contribution >= 4 is 51.0 Å². The van der Waals surface area contributed by atoms with Gasteiger partial charge in [0.05, 0.1) is 11.1 Å². The first-order valence-electron chi connectivity index (χ1n) is 14.7. The summed E-state index contributed by atoms with van der Waals surface area (Å²) < 4.78 is 15.2. The molecule has 2 aliphatic heterocycles. The Kier molecular flexibility index (Phi) is 5.91. The summed E-state index contributed by atoms with van der Waals surface area (Å²) in [6.45, 7) is 6.35. The van der Waals surface area contributed by atoms with Crippen molar-refractivity contribution in [2.24, 2.45) is 12.5 Å². The molecule has 1 amide bonds. The number of benzene rings is 2. The number of nitrogens with one attached hydrogen (secondary N) is 1. The molecule has 1 saturated carbocycles. The van der Waals surface area contributed by atoms with E-state index in [2.05, 4.69) is 16.0 Å². The second-order valence-corrected chi connectivity index (χ2v) is 13.0. The van der Waals surface area contributed by atoms with Crippen LogP contribution in [0.5, 0.6) is 0 Å². The van der Waals surface area contributed by atoms with E-state index in [0.717, 1.165) is 65.3 Å². The predicted molar refractivity (Wildman–Crippen MR) is 161 cm³/mol. The Bertz CT molecular complexity index is 1830. The highest BCUT2D eigenvalue weighted by Gasteiger charge is 2.48. The molecule has 4 heterocycles. The van der Waals surface area contributed by atoms with Gasteiger partial charge in [-0.05, 0) is 64.0 Å². The van der Waals surface area contributed by atoms with Gasteiger partial charge in [0, 0.05) is 64.5 Å². The summed E-state index contributed by atoms with van der Waals surface area (Å²) in [5.74, 6) is -1.23. The number of carbonyl (C=O) groups excluding carboxylic acids is 3. The largest absolute Gasteiger partial charge is 0.444 e. The normalized spacial score (nSPS) is 22.3. The van der Waals surface area contributed by atoms with Crippen LogP contribution in [0, 0.1) is 5.41 Å². The zero-order chi connectivity index (χ0) is 29.4. The summed E-state index contributed by atoms with van der Waals surface area (Å²) in [4.78, 5) is 39.9. The van der Waals surface area contributed by atoms with E-state index >= 15 is 0 Å². The number of hydrogen-bond acceptors (Lipinski definition) is 5. The smallest absolute Gasteiger partial charge is 0.407 e. The Balaban J connectivity index is 1.40. The van der Waals surface area contributed by atoms with Crippen LogP contribution >= 0.6 is 0 Å². The fourth-order valence-corrected chi connectivity index (χ4v) is 7.56. The third kappa shape index (κ3) is 4.07. The molecular formula is C34H35N3O5. The van der Waals surface area contributed by atoms with Gasteiger partial charge in [0.2, 0.25) is 0 Å². The average Bonchev–Trinajstić information content (AvgIpc) is 3.64. The third-order valence-corrected chi connectivity index (χ3v) is 9.29. The number of aromatic nitrogens is 2. The van der Waals surface area contributed by atoms with Gasteiger partial charge in [-0.2, -0.15) is 0 Å². The Labute approximate surface area is 244 Å². The van der Waals surface area contributed by atoms with Gasteiger partial charge in [0.15, 0.2) is 0 Å². The van der Waals surface area contributed by atoms with Crippen LogP contribution in [0.3, 0.4) is 0 Å². The maximum absolute atomic E-state index is 13.6. The molecule has 4 aromatic rings. The Morgan fingerprint density at radius 3 is 2.43 bits per heavy atom. The van der Waals surface area contributed by atoms with E-state index in [0.29, 0.717) is 23.1 Å². The van der Waals surface area contributed by atoms with Gasteiger partial charge in [0.25, 0.3) is 0 Å². The molecule has 2 unspecified atom stereocenters. The first-order chi connectivity index (χ1) is 20.1. The van der Waals surface area contributed by atoms with Gasteiger partial charge in [-0.1, -0.05) is 42.8 Å². The van der Waals surface area contributed by atoms with Gasteiger partial charge >= 0.3 is 18.0 Å². The SMILES string of the molecule is Cn1cc(C2=C(c3c4n(c5ccccc35)CCC3(CCCC3NC(=O)OC(C)(C)C)C4)C(=O)OC2=O)c2ccccc21. The Morgan fingerprint density at radius 1 is 0.976 bits per heavy atom. The van der Waals surface area contributed by atoms with Crippen molar-refractivity contribution in [3.63, 3.8) is 0 Å². The number of hydrogen-bond donors (Lipinski definition) is 1. The lowest BCUT2D eigenvalue weighted by molar-refractivity contribution is -0.149. The van der Waals surface area contributed by atoms with Crippen molar-refractivity contribution in [1.82, 2.24) is 14.5 Å². The van der Waals surface area contributed by atoms with E-state index in [1.807, 2.05) is 81.0 Å². The summed E-state index contributed by atoms with van der Waals surface area (Å²) in [5, 5.41) is 5.02. The summed E-state index contributed by atoms with van der Waals surface area (Å²) in [6.07, 6.45) is 5.92. The van der Waals surface area contributed by atoms with E-state index in [1.165, 1.54) is 0 Å². The minimum Gasteiger partial charge on any atom is -0.444 e. The number of carbonyl (C=O) groups is 3. The predicted octanol–water partition coefficient (Wildman–Crippen LogP) is 6.14. The Morgan fingerprint density at radius 2 is 1.67 bits per heavy atom. The van der Waals surface area contributed by atoms with Crippen molar-refractivity contribution in [3.05, 3.63) is 71.5 Å². The topological polar surface area (TPSA) is 91.6 Å². The summed E-state index contributed by atoms with van der Waals surface area (Å²) in [7, 11) is 1.94. The highest BCUT2D eigenvalue weighted by atomic mass is 16.6. The summed E-state index contributed by atoms with van der Waals surface area (Å²) >= 11 is 0. The highest BCUT2D eigenvalue weighted by Crippen LogP contribution is 2.51. The number of para-hydroxylation sites is 2. The molecule has 7 rings (SSSR count). The molecule has 8 nitrogen and oxygen atoms in total. The molecule has 1 N–H and O–H groups in total. The van der Waals surface area contributed by atoms with Crippen LogP contribution in [-0.2, 0) is 39.1 Å². The standard InChI is InChI=1S/C34H35N3O5/c1-33(2,3)42-32(40)35-26-14-9-15-34(26)16-17-37-24-13-8-6-11-21(24)27(25(37)18-34)29-28(30(38)41-31(29)39)22-19-36(4)23-12-7-5-10-20(22)23/h5-8,10-13,19,26H,9,14-18H2,1-4H3,(H,35,40). The number of amides is 1. The van der Waals surface area contributed by atoms with Crippen LogP contribution in [0.25, 0.3) is 33.0 Å². The van der Waals surface area contributed by atoms with E-state index in [1.54, 1.807) is 0 Å². The number of aryl methyl sites for hydroxylation is 2. The molecule has 2 aromatic heterocycles. The monoisotopic (exact) mass is 565 g/mol. The third-order valence-electron chi connectivity index (χ3n) is 9.29. The van der Waals surface area contributed by atoms with E-state index in [4.69, 9.17) is 9.47 Å². The highest BCUT2D eigenvalue weighted by molar-refractivity contribution is 6.47. The van der Waals surface area contributed by atoms with Crippen LogP contribution in [0.15, 0.2) is 54.7 Å². The van der Waals surface area contributed by atoms with Crippen LogP contribution < -0.4 is 5.32 Å². The van der Waals surface area contributed by atoms with Gasteiger partial charge in [-0.25, -0.2) is 14.4 Å². The number of ether oxygens (including phenoxy) is 2. The second kappa shape index (κ2) is 9.34. The molecule has 2 atom stereocenters. The fraction of sp³-hybridized carbons (Fsp3) is 0.382. The molecular weight excluding hydrogens is 530 g/mol. The molecule has 3 aliphatic rings. The number of cyclic esters (lactones) is 2. The lowest BCUT2D eigenvalue weighted by Crippen LogP contribution is -2.49. The van der Waals surface area contributed by atoms with Crippen LogP contribution in [0.1, 0.15) is 63.3 Å². The molecule has 0 bridgehead atoms. The van der Waals surface area contributed by atoms with Gasteiger partial charge in [-0.3, -0.25) is 0 Å². The number of esters is 2. The first-order valence-corrected chi connectivity index (χ1v) is 14.7. The molecule has 1 spiro atoms. The van der Waals surface area contributed by atoms with Gasteiger partial charge < -0.3 is 23.9 Å². The lowest BCUT2D eigenvalue weighted by atomic mass is 9.72. The average molecular weight is 566 g/mol. The molecule has 8 heteroatoms. The molecule has 42 heavy (non-hydrogen) atoms. The van der Waals surface area contributed by atoms with E-state index in [9.17, 15) is 14.4 Å². The van der Waals surface area contributed by atoms with Crippen molar-refractivity contribution in [2.75, 3.05) is 0 Å². The molecule has 1 aliphatic carbocycles. The van der Waals surface area contributed by atoms with Gasteiger partial charge in [-0.15, -0.1) is 0 Å². The van der Waals surface area contributed by atoms with Crippen LogP contribution in [0.2, 0.25) is 0 Å². The minimum absolute atomic E-state index is 0.0457. The van der Waals surface area contributed by atoms with Crippen LogP contribution in [0.4, 0.5) is 4.79 Å². The second-order valence-electron chi connectivity index (χ2n) is 13.0. The summed E-state index contributed by atoms with van der Waals surface area (Å²) in [6, 6.07) is 15.9.